The van der Waals surface area contributed by atoms with Crippen LogP contribution in [-0.2, 0) is 23.5 Å². The largest absolute Gasteiger partial charge is 0.368 e. The average molecular weight is 409 g/mol. The summed E-state index contributed by atoms with van der Waals surface area (Å²) in [5.41, 5.74) is 9.01. The molecule has 29 heavy (non-hydrogen) atoms. The standard InChI is InChI=1S/C21H24N6OS/c1-2-16-10-6-7-11-17(16)24-21-26-18(25-20(22)27-21)13-29-14-19(28)23-12-15-8-4-3-5-9-15/h3-11H,2,12-14H2,1H3,(H,23,28)(H3,22,24,25,26,27). The maximum atomic E-state index is 12.0. The van der Waals surface area contributed by atoms with E-state index in [2.05, 4.69) is 38.6 Å². The second kappa shape index (κ2) is 10.4. The third-order valence-corrected chi connectivity index (χ3v) is 5.07. The van der Waals surface area contributed by atoms with Gasteiger partial charge < -0.3 is 16.4 Å². The summed E-state index contributed by atoms with van der Waals surface area (Å²) < 4.78 is 0. The molecule has 0 aliphatic carbocycles. The number of amides is 1. The summed E-state index contributed by atoms with van der Waals surface area (Å²) in [5.74, 6) is 1.85. The monoisotopic (exact) mass is 408 g/mol. The van der Waals surface area contributed by atoms with Crippen molar-refractivity contribution in [1.82, 2.24) is 20.3 Å². The molecule has 2 aromatic carbocycles. The zero-order valence-corrected chi connectivity index (χ0v) is 17.1. The van der Waals surface area contributed by atoms with E-state index in [-0.39, 0.29) is 11.9 Å². The summed E-state index contributed by atoms with van der Waals surface area (Å²) in [5, 5.41) is 6.11. The molecule has 0 radical (unpaired) electrons. The number of carbonyl (C=O) groups excluding carboxylic acids is 1. The first-order chi connectivity index (χ1) is 14.1. The minimum Gasteiger partial charge on any atom is -0.368 e. The van der Waals surface area contributed by atoms with Crippen LogP contribution in [0.3, 0.4) is 0 Å². The summed E-state index contributed by atoms with van der Waals surface area (Å²) in [6.45, 7) is 2.61. The van der Waals surface area contributed by atoms with Gasteiger partial charge in [0.05, 0.1) is 11.5 Å². The van der Waals surface area contributed by atoms with E-state index in [0.29, 0.717) is 29.8 Å². The average Bonchev–Trinajstić information content (AvgIpc) is 2.73. The molecule has 0 bridgehead atoms. The molecule has 4 N–H and O–H groups in total. The molecule has 8 heteroatoms. The Labute approximate surface area is 174 Å². The zero-order valence-electron chi connectivity index (χ0n) is 16.3. The molecule has 7 nitrogen and oxygen atoms in total. The molecule has 0 aliphatic heterocycles. The topological polar surface area (TPSA) is 106 Å². The lowest BCUT2D eigenvalue weighted by Gasteiger charge is -2.10. The smallest absolute Gasteiger partial charge is 0.232 e. The van der Waals surface area contributed by atoms with Gasteiger partial charge in [-0.2, -0.15) is 15.0 Å². The van der Waals surface area contributed by atoms with Gasteiger partial charge in [0.1, 0.15) is 5.82 Å². The lowest BCUT2D eigenvalue weighted by Crippen LogP contribution is -2.24. The summed E-state index contributed by atoms with van der Waals surface area (Å²) in [4.78, 5) is 24.8. The lowest BCUT2D eigenvalue weighted by atomic mass is 10.1. The van der Waals surface area contributed by atoms with Crippen LogP contribution in [0.4, 0.5) is 17.6 Å². The number of nitrogens with zero attached hydrogens (tertiary/aromatic N) is 3. The number of rotatable bonds is 9. The van der Waals surface area contributed by atoms with Gasteiger partial charge in [0.2, 0.25) is 17.8 Å². The number of hydrogen-bond acceptors (Lipinski definition) is 7. The Kier molecular flexibility index (Phi) is 7.40. The van der Waals surface area contributed by atoms with E-state index in [1.807, 2.05) is 48.5 Å². The predicted octanol–water partition coefficient (Wildman–Crippen LogP) is 3.31. The molecule has 0 unspecified atom stereocenters. The maximum Gasteiger partial charge on any atom is 0.232 e. The molecule has 3 rings (SSSR count). The Morgan fingerprint density at radius 3 is 2.59 bits per heavy atom. The molecule has 0 saturated heterocycles. The lowest BCUT2D eigenvalue weighted by molar-refractivity contribution is -0.118. The molecular formula is C21H24N6OS. The van der Waals surface area contributed by atoms with Crippen molar-refractivity contribution in [3.8, 4) is 0 Å². The van der Waals surface area contributed by atoms with Crippen LogP contribution in [-0.4, -0.2) is 26.6 Å². The first-order valence-electron chi connectivity index (χ1n) is 9.37. The van der Waals surface area contributed by atoms with Gasteiger partial charge in [-0.3, -0.25) is 4.79 Å². The minimum absolute atomic E-state index is 0.0314. The number of para-hydroxylation sites is 1. The molecule has 0 aliphatic rings. The highest BCUT2D eigenvalue weighted by Crippen LogP contribution is 2.20. The molecule has 1 aromatic heterocycles. The van der Waals surface area contributed by atoms with E-state index in [1.165, 1.54) is 11.8 Å². The molecule has 0 atom stereocenters. The van der Waals surface area contributed by atoms with Crippen LogP contribution in [0.5, 0.6) is 0 Å². The van der Waals surface area contributed by atoms with Crippen LogP contribution < -0.4 is 16.4 Å². The second-order valence-electron chi connectivity index (χ2n) is 6.32. The second-order valence-corrected chi connectivity index (χ2v) is 7.31. The fraction of sp³-hybridized carbons (Fsp3) is 0.238. The number of aromatic nitrogens is 3. The number of benzene rings is 2. The van der Waals surface area contributed by atoms with Crippen LogP contribution in [0.25, 0.3) is 0 Å². The number of hydrogen-bond donors (Lipinski definition) is 3. The van der Waals surface area contributed by atoms with E-state index in [4.69, 9.17) is 5.73 Å². The van der Waals surface area contributed by atoms with Crippen molar-refractivity contribution in [3.63, 3.8) is 0 Å². The van der Waals surface area contributed by atoms with Gasteiger partial charge in [0.25, 0.3) is 0 Å². The van der Waals surface area contributed by atoms with Gasteiger partial charge in [0.15, 0.2) is 0 Å². The van der Waals surface area contributed by atoms with Gasteiger partial charge in [-0.25, -0.2) is 0 Å². The van der Waals surface area contributed by atoms with Gasteiger partial charge in [-0.1, -0.05) is 55.5 Å². The van der Waals surface area contributed by atoms with Crippen molar-refractivity contribution >= 4 is 35.3 Å². The van der Waals surface area contributed by atoms with Crippen LogP contribution in [0.15, 0.2) is 54.6 Å². The Hall–Kier alpha value is -3.13. The van der Waals surface area contributed by atoms with Crippen molar-refractivity contribution in [2.24, 2.45) is 0 Å². The van der Waals surface area contributed by atoms with Gasteiger partial charge >= 0.3 is 0 Å². The first kappa shape index (κ1) is 20.6. The van der Waals surface area contributed by atoms with E-state index in [1.54, 1.807) is 0 Å². The zero-order chi connectivity index (χ0) is 20.5. The fourth-order valence-electron chi connectivity index (χ4n) is 2.71. The van der Waals surface area contributed by atoms with Crippen molar-refractivity contribution in [2.45, 2.75) is 25.6 Å². The van der Waals surface area contributed by atoms with E-state index >= 15 is 0 Å². The Bertz CT molecular complexity index is 951. The molecule has 0 fully saturated rings. The quantitative estimate of drug-likeness (QED) is 0.499. The SMILES string of the molecule is CCc1ccccc1Nc1nc(N)nc(CSCC(=O)NCc2ccccc2)n1. The van der Waals surface area contributed by atoms with Crippen molar-refractivity contribution < 1.29 is 4.79 Å². The molecule has 0 saturated carbocycles. The summed E-state index contributed by atoms with van der Waals surface area (Å²) in [6.07, 6.45) is 0.893. The number of anilines is 3. The molecule has 1 amide bonds. The number of nitrogens with one attached hydrogen (secondary N) is 2. The first-order valence-corrected chi connectivity index (χ1v) is 10.5. The number of carbonyl (C=O) groups is 1. The normalized spacial score (nSPS) is 10.5. The molecule has 1 heterocycles. The molecule has 150 valence electrons. The highest BCUT2D eigenvalue weighted by atomic mass is 32.2. The third kappa shape index (κ3) is 6.46. The van der Waals surface area contributed by atoms with Gasteiger partial charge in [-0.05, 0) is 23.6 Å². The van der Waals surface area contributed by atoms with E-state index in [9.17, 15) is 4.79 Å². The minimum atomic E-state index is -0.0314. The third-order valence-electron chi connectivity index (χ3n) is 4.14. The fourth-order valence-corrected chi connectivity index (χ4v) is 3.41. The summed E-state index contributed by atoms with van der Waals surface area (Å²) in [7, 11) is 0. The molecule has 3 aromatic rings. The number of nitrogens with two attached hydrogens (primary N) is 1. The summed E-state index contributed by atoms with van der Waals surface area (Å²) >= 11 is 1.43. The highest BCUT2D eigenvalue weighted by Gasteiger charge is 2.09. The van der Waals surface area contributed by atoms with Gasteiger partial charge in [0, 0.05) is 12.2 Å². The van der Waals surface area contributed by atoms with E-state index in [0.717, 1.165) is 23.2 Å². The number of aryl methyl sites for hydroxylation is 1. The number of thioether (sulfide) groups is 1. The van der Waals surface area contributed by atoms with Crippen LogP contribution in [0, 0.1) is 0 Å². The van der Waals surface area contributed by atoms with Gasteiger partial charge in [-0.15, -0.1) is 11.8 Å². The Balaban J connectivity index is 1.52. The predicted molar refractivity (Wildman–Crippen MR) is 118 cm³/mol. The Morgan fingerprint density at radius 2 is 1.79 bits per heavy atom. The van der Waals surface area contributed by atoms with Crippen LogP contribution in [0.1, 0.15) is 23.9 Å². The van der Waals surface area contributed by atoms with Crippen LogP contribution >= 0.6 is 11.8 Å². The highest BCUT2D eigenvalue weighted by molar-refractivity contribution is 7.99. The van der Waals surface area contributed by atoms with E-state index < -0.39 is 0 Å². The number of nitrogen functional groups attached to an aromatic ring is 1. The molecule has 0 spiro atoms. The maximum absolute atomic E-state index is 12.0. The van der Waals surface area contributed by atoms with Crippen LogP contribution in [0.2, 0.25) is 0 Å². The molecular weight excluding hydrogens is 384 g/mol. The Morgan fingerprint density at radius 1 is 1.03 bits per heavy atom. The van der Waals surface area contributed by atoms with Crippen molar-refractivity contribution in [1.29, 1.82) is 0 Å². The van der Waals surface area contributed by atoms with Crippen molar-refractivity contribution in [3.05, 3.63) is 71.5 Å². The summed E-state index contributed by atoms with van der Waals surface area (Å²) in [6, 6.07) is 17.8. The van der Waals surface area contributed by atoms with Crippen molar-refractivity contribution in [2.75, 3.05) is 16.8 Å².